The minimum absolute atomic E-state index is 0.0467. The standard InChI is InChI=1S/C14H22N4/c1-14(2,3)18-12-7-9-16-10-11(12)17-13(18)6-5-8-15-4/h7,9-10,15H,5-6,8H2,1-4H3. The fourth-order valence-electron chi connectivity index (χ4n) is 2.32. The van der Waals surface area contributed by atoms with E-state index in [1.54, 1.807) is 0 Å². The van der Waals surface area contributed by atoms with Crippen LogP contribution in [0, 0.1) is 0 Å². The van der Waals surface area contributed by atoms with Crippen LogP contribution in [0.1, 0.15) is 33.0 Å². The fraction of sp³-hybridized carbons (Fsp3) is 0.571. The Morgan fingerprint density at radius 3 is 2.78 bits per heavy atom. The van der Waals surface area contributed by atoms with Crippen LogP contribution < -0.4 is 5.32 Å². The van der Waals surface area contributed by atoms with Crippen LogP contribution >= 0.6 is 0 Å². The lowest BCUT2D eigenvalue weighted by atomic mass is 10.1. The molecule has 0 atom stereocenters. The third kappa shape index (κ3) is 2.53. The van der Waals surface area contributed by atoms with Gasteiger partial charge >= 0.3 is 0 Å². The second-order valence-electron chi connectivity index (χ2n) is 5.61. The van der Waals surface area contributed by atoms with Gasteiger partial charge in [0.25, 0.3) is 0 Å². The second-order valence-corrected chi connectivity index (χ2v) is 5.61. The number of aryl methyl sites for hydroxylation is 1. The molecule has 0 amide bonds. The normalized spacial score (nSPS) is 12.2. The van der Waals surface area contributed by atoms with Gasteiger partial charge in [-0.25, -0.2) is 4.98 Å². The maximum absolute atomic E-state index is 4.72. The summed E-state index contributed by atoms with van der Waals surface area (Å²) in [6.45, 7) is 7.67. The quantitative estimate of drug-likeness (QED) is 0.842. The SMILES string of the molecule is CNCCCc1nc2cnccc2n1C(C)(C)C. The number of fused-ring (bicyclic) bond motifs is 1. The predicted molar refractivity (Wildman–Crippen MR) is 74.8 cm³/mol. The highest BCUT2D eigenvalue weighted by Gasteiger charge is 2.20. The number of nitrogens with zero attached hydrogens (tertiary/aromatic N) is 3. The Hall–Kier alpha value is -1.42. The van der Waals surface area contributed by atoms with Gasteiger partial charge in [0.1, 0.15) is 11.3 Å². The van der Waals surface area contributed by atoms with Crippen molar-refractivity contribution in [3.63, 3.8) is 0 Å². The molecule has 0 aliphatic carbocycles. The number of hydrogen-bond donors (Lipinski definition) is 1. The van der Waals surface area contributed by atoms with Crippen LogP contribution in [0.4, 0.5) is 0 Å². The smallest absolute Gasteiger partial charge is 0.110 e. The van der Waals surface area contributed by atoms with Crippen LogP contribution in [0.2, 0.25) is 0 Å². The van der Waals surface area contributed by atoms with Crippen LogP contribution in [0.5, 0.6) is 0 Å². The number of aromatic nitrogens is 3. The zero-order valence-corrected chi connectivity index (χ0v) is 11.7. The van der Waals surface area contributed by atoms with Gasteiger partial charge in [-0.1, -0.05) is 0 Å². The molecule has 0 saturated heterocycles. The lowest BCUT2D eigenvalue weighted by molar-refractivity contribution is 0.392. The number of rotatable bonds is 4. The van der Waals surface area contributed by atoms with Crippen LogP contribution in [0.25, 0.3) is 11.0 Å². The van der Waals surface area contributed by atoms with E-state index in [1.165, 1.54) is 5.52 Å². The third-order valence-electron chi connectivity index (χ3n) is 3.02. The van der Waals surface area contributed by atoms with Crippen LogP contribution in [-0.2, 0) is 12.0 Å². The zero-order valence-electron chi connectivity index (χ0n) is 11.7. The summed E-state index contributed by atoms with van der Waals surface area (Å²) in [7, 11) is 1.98. The van der Waals surface area contributed by atoms with Crippen molar-refractivity contribution >= 4 is 11.0 Å². The Labute approximate surface area is 108 Å². The minimum Gasteiger partial charge on any atom is -0.323 e. The molecule has 0 aliphatic rings. The summed E-state index contributed by atoms with van der Waals surface area (Å²) in [6, 6.07) is 2.05. The summed E-state index contributed by atoms with van der Waals surface area (Å²) < 4.78 is 2.33. The highest BCUT2D eigenvalue weighted by molar-refractivity contribution is 5.75. The monoisotopic (exact) mass is 246 g/mol. The van der Waals surface area contributed by atoms with Gasteiger partial charge in [0.05, 0.1) is 11.7 Å². The van der Waals surface area contributed by atoms with E-state index in [1.807, 2.05) is 19.4 Å². The molecule has 2 rings (SSSR count). The molecular formula is C14H22N4. The molecule has 4 heteroatoms. The van der Waals surface area contributed by atoms with E-state index < -0.39 is 0 Å². The van der Waals surface area contributed by atoms with Crippen molar-refractivity contribution in [2.45, 2.75) is 39.2 Å². The first-order valence-corrected chi connectivity index (χ1v) is 6.50. The maximum atomic E-state index is 4.72. The topological polar surface area (TPSA) is 42.7 Å². The molecule has 98 valence electrons. The molecule has 0 fully saturated rings. The van der Waals surface area contributed by atoms with Gasteiger partial charge < -0.3 is 9.88 Å². The number of nitrogens with one attached hydrogen (secondary N) is 1. The van der Waals surface area contributed by atoms with Gasteiger partial charge in [-0.15, -0.1) is 0 Å². The van der Waals surface area contributed by atoms with E-state index in [0.29, 0.717) is 0 Å². The summed E-state index contributed by atoms with van der Waals surface area (Å²) in [5.74, 6) is 1.15. The van der Waals surface area contributed by atoms with Crippen LogP contribution in [0.15, 0.2) is 18.5 Å². The maximum Gasteiger partial charge on any atom is 0.110 e. The van der Waals surface area contributed by atoms with Crippen molar-refractivity contribution in [3.8, 4) is 0 Å². The molecule has 0 saturated carbocycles. The molecule has 2 aromatic rings. The molecule has 1 N–H and O–H groups in total. The molecule has 0 spiro atoms. The van der Waals surface area contributed by atoms with Crippen molar-refractivity contribution < 1.29 is 0 Å². The Morgan fingerprint density at radius 1 is 1.33 bits per heavy atom. The summed E-state index contributed by atoms with van der Waals surface area (Å²) in [4.78, 5) is 8.88. The molecule has 0 unspecified atom stereocenters. The van der Waals surface area contributed by atoms with Crippen molar-refractivity contribution in [3.05, 3.63) is 24.3 Å². The van der Waals surface area contributed by atoms with Gasteiger partial charge in [0, 0.05) is 18.2 Å². The van der Waals surface area contributed by atoms with Gasteiger partial charge in [-0.05, 0) is 46.9 Å². The van der Waals surface area contributed by atoms with Crippen molar-refractivity contribution in [2.24, 2.45) is 0 Å². The van der Waals surface area contributed by atoms with E-state index in [-0.39, 0.29) is 5.54 Å². The molecule has 0 aliphatic heterocycles. The summed E-state index contributed by atoms with van der Waals surface area (Å²) >= 11 is 0. The van der Waals surface area contributed by atoms with Gasteiger partial charge in [-0.3, -0.25) is 4.98 Å². The summed E-state index contributed by atoms with van der Waals surface area (Å²) in [6.07, 6.45) is 5.78. The number of pyridine rings is 1. The Balaban J connectivity index is 2.44. The number of imidazole rings is 1. The van der Waals surface area contributed by atoms with Crippen LogP contribution in [0.3, 0.4) is 0 Å². The lowest BCUT2D eigenvalue weighted by Crippen LogP contribution is -2.24. The summed E-state index contributed by atoms with van der Waals surface area (Å²) in [5, 5.41) is 3.18. The Kier molecular flexibility index (Phi) is 3.66. The van der Waals surface area contributed by atoms with E-state index in [0.717, 1.165) is 30.7 Å². The predicted octanol–water partition coefficient (Wildman–Crippen LogP) is 2.34. The minimum atomic E-state index is 0.0467. The van der Waals surface area contributed by atoms with Crippen molar-refractivity contribution in [2.75, 3.05) is 13.6 Å². The highest BCUT2D eigenvalue weighted by Crippen LogP contribution is 2.25. The van der Waals surface area contributed by atoms with Crippen LogP contribution in [-0.4, -0.2) is 28.1 Å². The van der Waals surface area contributed by atoms with Crippen molar-refractivity contribution in [1.29, 1.82) is 0 Å². The van der Waals surface area contributed by atoms with E-state index in [4.69, 9.17) is 4.98 Å². The second kappa shape index (κ2) is 5.06. The highest BCUT2D eigenvalue weighted by atomic mass is 15.1. The Bertz CT molecular complexity index is 522. The molecule has 2 aromatic heterocycles. The molecule has 0 aromatic carbocycles. The zero-order chi connectivity index (χ0) is 13.2. The van der Waals surface area contributed by atoms with Gasteiger partial charge in [-0.2, -0.15) is 0 Å². The molecule has 0 radical (unpaired) electrons. The molecule has 0 bridgehead atoms. The van der Waals surface area contributed by atoms with E-state index in [9.17, 15) is 0 Å². The molecule has 4 nitrogen and oxygen atoms in total. The third-order valence-corrected chi connectivity index (χ3v) is 3.02. The first-order valence-electron chi connectivity index (χ1n) is 6.50. The fourth-order valence-corrected chi connectivity index (χ4v) is 2.32. The molecular weight excluding hydrogens is 224 g/mol. The number of hydrogen-bond acceptors (Lipinski definition) is 3. The first kappa shape index (κ1) is 13.0. The van der Waals surface area contributed by atoms with Gasteiger partial charge in [0.15, 0.2) is 0 Å². The van der Waals surface area contributed by atoms with E-state index >= 15 is 0 Å². The average Bonchev–Trinajstić information content (AvgIpc) is 2.67. The molecule has 2 heterocycles. The van der Waals surface area contributed by atoms with Gasteiger partial charge in [0.2, 0.25) is 0 Å². The largest absolute Gasteiger partial charge is 0.323 e. The average molecular weight is 246 g/mol. The van der Waals surface area contributed by atoms with Crippen molar-refractivity contribution in [1.82, 2.24) is 19.9 Å². The van der Waals surface area contributed by atoms with E-state index in [2.05, 4.69) is 41.7 Å². The lowest BCUT2D eigenvalue weighted by Gasteiger charge is -2.24. The first-order chi connectivity index (χ1) is 8.54. The Morgan fingerprint density at radius 2 is 2.11 bits per heavy atom. The summed E-state index contributed by atoms with van der Waals surface area (Å²) in [5.41, 5.74) is 2.22. The molecule has 18 heavy (non-hydrogen) atoms.